The molecule has 2 saturated heterocycles. The Hall–Kier alpha value is -1.77. The first-order valence-corrected chi connectivity index (χ1v) is 10.3. The van der Waals surface area contributed by atoms with Gasteiger partial charge in [0.25, 0.3) is 0 Å². The normalized spacial score (nSPS) is 23.5. The summed E-state index contributed by atoms with van der Waals surface area (Å²) in [5.41, 5.74) is 0.724. The Bertz CT molecular complexity index is 903. The summed E-state index contributed by atoms with van der Waals surface area (Å²) in [6.45, 7) is 5.74. The minimum atomic E-state index is -3.56. The molecule has 0 bridgehead atoms. The summed E-state index contributed by atoms with van der Waals surface area (Å²) in [5.74, 6) is 1.02. The maximum Gasteiger partial charge on any atom is 0.243 e. The molecule has 0 radical (unpaired) electrons. The summed E-state index contributed by atoms with van der Waals surface area (Å²) in [6, 6.07) is 7.05. The van der Waals surface area contributed by atoms with Gasteiger partial charge in [-0.1, -0.05) is 17.3 Å². The summed E-state index contributed by atoms with van der Waals surface area (Å²) >= 11 is 0. The van der Waals surface area contributed by atoms with Gasteiger partial charge in [-0.05, 0) is 42.9 Å². The van der Waals surface area contributed by atoms with E-state index in [1.54, 1.807) is 29.4 Å². The smallest absolute Gasteiger partial charge is 0.243 e. The number of hydrogen-bond acceptors (Lipinski definition) is 6. The average Bonchev–Trinajstić information content (AvgIpc) is 3.20. The molecule has 0 saturated carbocycles. The number of rotatable bonds is 3. The van der Waals surface area contributed by atoms with Gasteiger partial charge in [0.15, 0.2) is 5.82 Å². The summed E-state index contributed by atoms with van der Waals surface area (Å²) in [5, 5.41) is 4.10. The van der Waals surface area contributed by atoms with E-state index >= 15 is 0 Å². The van der Waals surface area contributed by atoms with Crippen molar-refractivity contribution in [2.75, 3.05) is 26.3 Å². The van der Waals surface area contributed by atoms with Crippen LogP contribution in [0.15, 0.2) is 33.7 Å². The zero-order chi connectivity index (χ0) is 18.4. The van der Waals surface area contributed by atoms with Gasteiger partial charge in [-0.15, -0.1) is 0 Å². The zero-order valence-electron chi connectivity index (χ0n) is 15.0. The maximum absolute atomic E-state index is 13.2. The minimum absolute atomic E-state index is 0.0802. The molecule has 2 aliphatic rings. The van der Waals surface area contributed by atoms with Gasteiger partial charge < -0.3 is 9.26 Å². The highest BCUT2D eigenvalue weighted by Gasteiger charge is 2.52. The lowest BCUT2D eigenvalue weighted by Crippen LogP contribution is -2.37. The predicted molar refractivity (Wildman–Crippen MR) is 94.2 cm³/mol. The second kappa shape index (κ2) is 6.44. The van der Waals surface area contributed by atoms with E-state index < -0.39 is 10.0 Å². The lowest BCUT2D eigenvalue weighted by molar-refractivity contribution is 0.0132. The molecule has 1 aromatic heterocycles. The molecule has 4 rings (SSSR count). The van der Waals surface area contributed by atoms with Crippen molar-refractivity contribution in [2.24, 2.45) is 5.41 Å². The standard InChI is InChI=1S/C18H23N3O4S/c1-13-4-3-5-15(10-13)26(22,23)21-11-16(17-19-14(2)25-20-17)18(12-21)6-8-24-9-7-18/h3-5,10,16H,6-9,11-12H2,1-2H3/t16-/m1/s1. The number of aryl methyl sites for hydroxylation is 2. The van der Waals surface area contributed by atoms with Crippen LogP contribution in [0, 0.1) is 19.3 Å². The molecule has 0 N–H and O–H groups in total. The van der Waals surface area contributed by atoms with Crippen molar-refractivity contribution in [1.29, 1.82) is 0 Å². The molecule has 0 unspecified atom stereocenters. The Labute approximate surface area is 153 Å². The average molecular weight is 377 g/mol. The fraction of sp³-hybridized carbons (Fsp3) is 0.556. The van der Waals surface area contributed by atoms with Crippen molar-refractivity contribution in [1.82, 2.24) is 14.4 Å². The maximum atomic E-state index is 13.2. The molecule has 2 fully saturated rings. The number of nitrogens with zero attached hydrogens (tertiary/aromatic N) is 3. The van der Waals surface area contributed by atoms with Crippen LogP contribution in [-0.4, -0.2) is 49.2 Å². The van der Waals surface area contributed by atoms with E-state index in [4.69, 9.17) is 9.26 Å². The van der Waals surface area contributed by atoms with Crippen molar-refractivity contribution in [3.63, 3.8) is 0 Å². The first-order valence-electron chi connectivity index (χ1n) is 8.85. The third kappa shape index (κ3) is 2.95. The summed E-state index contributed by atoms with van der Waals surface area (Å²) < 4.78 is 38.7. The van der Waals surface area contributed by atoms with Crippen LogP contribution >= 0.6 is 0 Å². The quantitative estimate of drug-likeness (QED) is 0.816. The highest BCUT2D eigenvalue weighted by atomic mass is 32.2. The van der Waals surface area contributed by atoms with E-state index in [0.29, 0.717) is 42.9 Å². The molecule has 8 heteroatoms. The van der Waals surface area contributed by atoms with Crippen molar-refractivity contribution >= 4 is 10.0 Å². The number of benzene rings is 1. The summed E-state index contributed by atoms with van der Waals surface area (Å²) in [7, 11) is -3.56. The van der Waals surface area contributed by atoms with Crippen molar-refractivity contribution < 1.29 is 17.7 Å². The molecular formula is C18H23N3O4S. The fourth-order valence-electron chi connectivity index (χ4n) is 4.13. The van der Waals surface area contributed by atoms with Crippen LogP contribution in [0.1, 0.15) is 36.0 Å². The van der Waals surface area contributed by atoms with Gasteiger partial charge in [0, 0.05) is 39.1 Å². The number of ether oxygens (including phenoxy) is 1. The van der Waals surface area contributed by atoms with E-state index in [-0.39, 0.29) is 11.3 Å². The first-order chi connectivity index (χ1) is 12.4. The van der Waals surface area contributed by atoms with Crippen LogP contribution in [0.4, 0.5) is 0 Å². The molecule has 3 heterocycles. The van der Waals surface area contributed by atoms with Gasteiger partial charge in [-0.3, -0.25) is 0 Å². The number of aromatic nitrogens is 2. The van der Waals surface area contributed by atoms with Gasteiger partial charge in [-0.25, -0.2) is 8.42 Å². The zero-order valence-corrected chi connectivity index (χ0v) is 15.8. The SMILES string of the molecule is Cc1cccc(S(=O)(=O)N2C[C@H](c3noc(C)n3)C3(CCOCC3)C2)c1. The molecule has 0 amide bonds. The molecule has 2 aromatic rings. The molecule has 2 aliphatic heterocycles. The molecule has 0 aliphatic carbocycles. The Kier molecular flexibility index (Phi) is 4.37. The van der Waals surface area contributed by atoms with Crippen LogP contribution < -0.4 is 0 Å². The molecule has 26 heavy (non-hydrogen) atoms. The van der Waals surface area contributed by atoms with Gasteiger partial charge in [-0.2, -0.15) is 9.29 Å². The number of sulfonamides is 1. The third-order valence-corrected chi connectivity index (χ3v) is 7.40. The molecule has 7 nitrogen and oxygen atoms in total. The summed E-state index contributed by atoms with van der Waals surface area (Å²) in [6.07, 6.45) is 1.59. The van der Waals surface area contributed by atoms with Crippen LogP contribution in [0.5, 0.6) is 0 Å². The van der Waals surface area contributed by atoms with Crippen molar-refractivity contribution in [2.45, 2.75) is 37.5 Å². The Balaban J connectivity index is 1.71. The molecular weight excluding hydrogens is 354 g/mol. The Morgan fingerprint density at radius 3 is 2.65 bits per heavy atom. The topological polar surface area (TPSA) is 85.5 Å². The predicted octanol–water partition coefficient (Wildman–Crippen LogP) is 2.27. The van der Waals surface area contributed by atoms with Gasteiger partial charge in [0.05, 0.1) is 4.90 Å². The van der Waals surface area contributed by atoms with Crippen molar-refractivity contribution in [3.8, 4) is 0 Å². The largest absolute Gasteiger partial charge is 0.381 e. The van der Waals surface area contributed by atoms with Crippen LogP contribution in [0.25, 0.3) is 0 Å². The summed E-state index contributed by atoms with van der Waals surface area (Å²) in [4.78, 5) is 4.74. The molecule has 140 valence electrons. The Morgan fingerprint density at radius 2 is 2.00 bits per heavy atom. The van der Waals surface area contributed by atoms with E-state index in [2.05, 4.69) is 10.1 Å². The minimum Gasteiger partial charge on any atom is -0.381 e. The monoisotopic (exact) mass is 377 g/mol. The third-order valence-electron chi connectivity index (χ3n) is 5.59. The van der Waals surface area contributed by atoms with Crippen LogP contribution in [-0.2, 0) is 14.8 Å². The van der Waals surface area contributed by atoms with Crippen LogP contribution in [0.3, 0.4) is 0 Å². The second-order valence-electron chi connectivity index (χ2n) is 7.31. The highest BCUT2D eigenvalue weighted by Crippen LogP contribution is 2.50. The highest BCUT2D eigenvalue weighted by molar-refractivity contribution is 7.89. The van der Waals surface area contributed by atoms with E-state index in [0.717, 1.165) is 18.4 Å². The second-order valence-corrected chi connectivity index (χ2v) is 9.25. The number of hydrogen-bond donors (Lipinski definition) is 0. The molecule has 1 aromatic carbocycles. The van der Waals surface area contributed by atoms with Gasteiger partial charge in [0.1, 0.15) is 0 Å². The Morgan fingerprint density at radius 1 is 1.23 bits per heavy atom. The molecule has 1 spiro atoms. The molecule has 1 atom stereocenters. The van der Waals surface area contributed by atoms with E-state index in [9.17, 15) is 8.42 Å². The van der Waals surface area contributed by atoms with Gasteiger partial charge >= 0.3 is 0 Å². The van der Waals surface area contributed by atoms with Crippen LogP contribution in [0.2, 0.25) is 0 Å². The first kappa shape index (κ1) is 17.6. The van der Waals surface area contributed by atoms with E-state index in [1.165, 1.54) is 0 Å². The lowest BCUT2D eigenvalue weighted by atomic mass is 9.72. The van der Waals surface area contributed by atoms with E-state index in [1.807, 2.05) is 13.0 Å². The fourth-order valence-corrected chi connectivity index (χ4v) is 5.78. The van der Waals surface area contributed by atoms with Gasteiger partial charge in [0.2, 0.25) is 15.9 Å². The van der Waals surface area contributed by atoms with Crippen molar-refractivity contribution in [3.05, 3.63) is 41.5 Å². The lowest BCUT2D eigenvalue weighted by Gasteiger charge is -2.36.